The van der Waals surface area contributed by atoms with Gasteiger partial charge in [0.1, 0.15) is 29.4 Å². The van der Waals surface area contributed by atoms with Gasteiger partial charge in [0.2, 0.25) is 5.91 Å². The number of anilines is 3. The SMILES string of the molecule is Cc1nc(NC(=O)CC#N)cc(-c2c(Nc3ccn(C)n3)nc3ccccn23)n1. The van der Waals surface area contributed by atoms with Crippen LogP contribution in [-0.4, -0.2) is 35.0 Å². The molecule has 0 saturated carbocycles. The molecule has 4 heterocycles. The van der Waals surface area contributed by atoms with Crippen molar-refractivity contribution in [1.29, 1.82) is 5.26 Å². The van der Waals surface area contributed by atoms with Crippen LogP contribution in [-0.2, 0) is 11.8 Å². The first kappa shape index (κ1) is 18.1. The average Bonchev–Trinajstić information content (AvgIpc) is 3.24. The van der Waals surface area contributed by atoms with Gasteiger partial charge in [0.25, 0.3) is 0 Å². The lowest BCUT2D eigenvalue weighted by Crippen LogP contribution is -2.12. The Morgan fingerprint density at radius 3 is 2.79 bits per heavy atom. The van der Waals surface area contributed by atoms with E-state index < -0.39 is 5.91 Å². The van der Waals surface area contributed by atoms with Gasteiger partial charge >= 0.3 is 0 Å². The standard InChI is InChI=1S/C19H17N9O/c1-12-21-13(11-15(22-12)23-17(29)6-8-20)18-19(24-14-7-10-27(2)26-14)25-16-5-3-4-9-28(16)18/h3-5,7,9-11H,6H2,1-2H3,(H,24,26)(H,21,22,23,29). The number of imidazole rings is 1. The number of nitrogens with one attached hydrogen (secondary N) is 2. The van der Waals surface area contributed by atoms with Gasteiger partial charge in [0.05, 0.1) is 11.8 Å². The molecule has 0 bridgehead atoms. The molecule has 0 aromatic carbocycles. The van der Waals surface area contributed by atoms with Gasteiger partial charge in [-0.1, -0.05) is 6.07 Å². The maximum atomic E-state index is 11.8. The lowest BCUT2D eigenvalue weighted by Gasteiger charge is -2.09. The number of rotatable bonds is 5. The Kier molecular flexibility index (Phi) is 4.62. The fraction of sp³-hybridized carbons (Fsp3) is 0.158. The zero-order valence-electron chi connectivity index (χ0n) is 15.8. The molecule has 0 unspecified atom stereocenters. The maximum absolute atomic E-state index is 11.8. The number of carbonyl (C=O) groups excluding carboxylic acids is 1. The monoisotopic (exact) mass is 387 g/mol. The van der Waals surface area contributed by atoms with Gasteiger partial charge in [-0.3, -0.25) is 13.9 Å². The van der Waals surface area contributed by atoms with E-state index in [0.717, 1.165) is 5.65 Å². The van der Waals surface area contributed by atoms with E-state index in [0.29, 0.717) is 34.7 Å². The van der Waals surface area contributed by atoms with Gasteiger partial charge in [-0.25, -0.2) is 15.0 Å². The minimum Gasteiger partial charge on any atom is -0.322 e. The normalized spacial score (nSPS) is 10.7. The molecule has 4 aromatic rings. The minimum atomic E-state index is -0.429. The summed E-state index contributed by atoms with van der Waals surface area (Å²) in [4.78, 5) is 25.2. The molecule has 0 spiro atoms. The van der Waals surface area contributed by atoms with Crippen molar-refractivity contribution in [2.75, 3.05) is 10.6 Å². The predicted molar refractivity (Wildman–Crippen MR) is 106 cm³/mol. The number of hydrogen-bond donors (Lipinski definition) is 2. The Balaban J connectivity index is 1.82. The van der Waals surface area contributed by atoms with Crippen molar-refractivity contribution in [3.8, 4) is 17.5 Å². The highest BCUT2D eigenvalue weighted by atomic mass is 16.1. The summed E-state index contributed by atoms with van der Waals surface area (Å²) >= 11 is 0. The molecule has 0 saturated heterocycles. The molecule has 0 radical (unpaired) electrons. The van der Waals surface area contributed by atoms with E-state index in [1.165, 1.54) is 0 Å². The smallest absolute Gasteiger partial charge is 0.239 e. The molecular formula is C19H17N9O. The molecule has 4 rings (SSSR count). The first-order valence-electron chi connectivity index (χ1n) is 8.80. The molecule has 2 N–H and O–H groups in total. The Hall–Kier alpha value is -4.26. The molecule has 144 valence electrons. The van der Waals surface area contributed by atoms with E-state index in [1.807, 2.05) is 54.2 Å². The van der Waals surface area contributed by atoms with Crippen LogP contribution in [0.3, 0.4) is 0 Å². The van der Waals surface area contributed by atoms with Gasteiger partial charge in [-0.05, 0) is 19.1 Å². The third kappa shape index (κ3) is 3.74. The van der Waals surface area contributed by atoms with Crippen LogP contribution in [0.2, 0.25) is 0 Å². The molecule has 0 aliphatic carbocycles. The van der Waals surface area contributed by atoms with Crippen LogP contribution in [0.15, 0.2) is 42.7 Å². The Labute approximate surface area is 165 Å². The van der Waals surface area contributed by atoms with Crippen molar-refractivity contribution in [3.63, 3.8) is 0 Å². The van der Waals surface area contributed by atoms with E-state index in [-0.39, 0.29) is 6.42 Å². The highest BCUT2D eigenvalue weighted by Gasteiger charge is 2.18. The predicted octanol–water partition coefficient (Wildman–Crippen LogP) is 2.43. The minimum absolute atomic E-state index is 0.250. The first-order valence-corrected chi connectivity index (χ1v) is 8.80. The third-order valence-electron chi connectivity index (χ3n) is 4.08. The summed E-state index contributed by atoms with van der Waals surface area (Å²) in [7, 11) is 1.83. The lowest BCUT2D eigenvalue weighted by molar-refractivity contribution is -0.115. The summed E-state index contributed by atoms with van der Waals surface area (Å²) in [6.45, 7) is 1.73. The number of nitriles is 1. The lowest BCUT2D eigenvalue weighted by atomic mass is 10.2. The second-order valence-electron chi connectivity index (χ2n) is 6.31. The van der Waals surface area contributed by atoms with Crippen LogP contribution in [0.1, 0.15) is 12.2 Å². The zero-order chi connectivity index (χ0) is 20.4. The number of carbonyl (C=O) groups is 1. The number of pyridine rings is 1. The topological polar surface area (TPSA) is 126 Å². The fourth-order valence-corrected chi connectivity index (χ4v) is 2.94. The number of aryl methyl sites for hydroxylation is 2. The Morgan fingerprint density at radius 2 is 2.03 bits per heavy atom. The van der Waals surface area contributed by atoms with Crippen molar-refractivity contribution < 1.29 is 4.79 Å². The second kappa shape index (κ2) is 7.40. The van der Waals surface area contributed by atoms with E-state index in [1.54, 1.807) is 17.7 Å². The molecule has 1 amide bonds. The van der Waals surface area contributed by atoms with Crippen LogP contribution >= 0.6 is 0 Å². The van der Waals surface area contributed by atoms with Crippen molar-refractivity contribution in [2.24, 2.45) is 7.05 Å². The van der Waals surface area contributed by atoms with E-state index in [9.17, 15) is 4.79 Å². The molecule has 0 fully saturated rings. The van der Waals surface area contributed by atoms with Gasteiger partial charge in [-0.15, -0.1) is 0 Å². The van der Waals surface area contributed by atoms with E-state index in [2.05, 4.69) is 30.7 Å². The number of aromatic nitrogens is 6. The molecule has 10 heteroatoms. The molecule has 10 nitrogen and oxygen atoms in total. The molecule has 0 atom stereocenters. The summed E-state index contributed by atoms with van der Waals surface area (Å²) in [6.07, 6.45) is 3.46. The Bertz CT molecular complexity index is 1250. The molecular weight excluding hydrogens is 370 g/mol. The average molecular weight is 387 g/mol. The summed E-state index contributed by atoms with van der Waals surface area (Å²) in [5, 5.41) is 18.9. The van der Waals surface area contributed by atoms with Crippen LogP contribution in [0.4, 0.5) is 17.5 Å². The van der Waals surface area contributed by atoms with Gasteiger partial charge in [0, 0.05) is 31.6 Å². The van der Waals surface area contributed by atoms with Crippen molar-refractivity contribution >= 4 is 29.0 Å². The van der Waals surface area contributed by atoms with E-state index >= 15 is 0 Å². The van der Waals surface area contributed by atoms with Gasteiger partial charge in [-0.2, -0.15) is 10.4 Å². The zero-order valence-corrected chi connectivity index (χ0v) is 15.8. The molecule has 0 aliphatic heterocycles. The fourth-order valence-electron chi connectivity index (χ4n) is 2.94. The van der Waals surface area contributed by atoms with Crippen LogP contribution in [0, 0.1) is 18.3 Å². The number of amides is 1. The highest BCUT2D eigenvalue weighted by Crippen LogP contribution is 2.30. The van der Waals surface area contributed by atoms with Crippen molar-refractivity contribution in [3.05, 3.63) is 48.5 Å². The largest absolute Gasteiger partial charge is 0.322 e. The summed E-state index contributed by atoms with van der Waals surface area (Å²) in [6, 6.07) is 11.0. The first-order chi connectivity index (χ1) is 14.0. The quantitative estimate of drug-likeness (QED) is 0.538. The van der Waals surface area contributed by atoms with Crippen LogP contribution in [0.5, 0.6) is 0 Å². The van der Waals surface area contributed by atoms with Crippen LogP contribution in [0.25, 0.3) is 17.0 Å². The summed E-state index contributed by atoms with van der Waals surface area (Å²) in [5.41, 5.74) is 2.00. The third-order valence-corrected chi connectivity index (χ3v) is 4.08. The van der Waals surface area contributed by atoms with Gasteiger partial charge < -0.3 is 10.6 Å². The molecule has 4 aromatic heterocycles. The number of nitrogens with zero attached hydrogens (tertiary/aromatic N) is 7. The van der Waals surface area contributed by atoms with E-state index in [4.69, 9.17) is 5.26 Å². The highest BCUT2D eigenvalue weighted by molar-refractivity contribution is 5.91. The van der Waals surface area contributed by atoms with Crippen molar-refractivity contribution in [1.82, 2.24) is 29.1 Å². The number of hydrogen-bond acceptors (Lipinski definition) is 7. The van der Waals surface area contributed by atoms with Crippen LogP contribution < -0.4 is 10.6 Å². The Morgan fingerprint density at radius 1 is 1.17 bits per heavy atom. The molecule has 29 heavy (non-hydrogen) atoms. The van der Waals surface area contributed by atoms with Crippen molar-refractivity contribution in [2.45, 2.75) is 13.3 Å². The second-order valence-corrected chi connectivity index (χ2v) is 6.31. The summed E-state index contributed by atoms with van der Waals surface area (Å²) in [5.74, 6) is 1.58. The molecule has 0 aliphatic rings. The van der Waals surface area contributed by atoms with Gasteiger partial charge in [0.15, 0.2) is 11.6 Å². The summed E-state index contributed by atoms with van der Waals surface area (Å²) < 4.78 is 3.59. The number of fused-ring (bicyclic) bond motifs is 1. The maximum Gasteiger partial charge on any atom is 0.239 e.